The number of hydrogen-bond donors (Lipinski definition) is 0. The molecule has 6 heteroatoms. The molecule has 0 unspecified atom stereocenters. The number of nitrogens with zero attached hydrogens (tertiary/aromatic N) is 1. The average molecular weight is 326 g/mol. The van der Waals surface area contributed by atoms with E-state index in [1.807, 2.05) is 0 Å². The molecule has 0 saturated carbocycles. The lowest BCUT2D eigenvalue weighted by atomic mass is 10.2. The fraction of sp³-hybridized carbons (Fsp3) is 0.200. The van der Waals surface area contributed by atoms with E-state index >= 15 is 0 Å². The first-order chi connectivity index (χ1) is 9.97. The van der Waals surface area contributed by atoms with Crippen LogP contribution < -0.4 is 4.31 Å². The van der Waals surface area contributed by atoms with Gasteiger partial charge in [0.05, 0.1) is 11.4 Å². The first-order valence-electron chi connectivity index (χ1n) is 6.49. The Morgan fingerprint density at radius 2 is 1.95 bits per heavy atom. The highest BCUT2D eigenvalue weighted by atomic mass is 35.5. The zero-order chi connectivity index (χ0) is 15.0. The van der Waals surface area contributed by atoms with Gasteiger partial charge in [-0.15, -0.1) is 0 Å². The van der Waals surface area contributed by atoms with E-state index in [2.05, 4.69) is 0 Å². The molecule has 0 spiro atoms. The molecule has 0 amide bonds. The predicted molar refractivity (Wildman–Crippen MR) is 81.5 cm³/mol. The van der Waals surface area contributed by atoms with E-state index in [0.717, 1.165) is 5.56 Å². The summed E-state index contributed by atoms with van der Waals surface area (Å²) in [6.45, 7) is 0.339. The number of hydrogen-bond acceptors (Lipinski definition) is 2. The molecule has 2 aromatic rings. The molecule has 0 aliphatic carbocycles. The molecule has 1 heterocycles. The lowest BCUT2D eigenvalue weighted by molar-refractivity contribution is 0.591. The Labute approximate surface area is 128 Å². The molecule has 3 nitrogen and oxygen atoms in total. The molecule has 1 aliphatic rings. The zero-order valence-corrected chi connectivity index (χ0v) is 12.7. The molecule has 0 radical (unpaired) electrons. The molecule has 2 aromatic carbocycles. The van der Waals surface area contributed by atoms with Crippen LogP contribution >= 0.6 is 11.6 Å². The van der Waals surface area contributed by atoms with Crippen molar-refractivity contribution in [2.75, 3.05) is 10.8 Å². The minimum absolute atomic E-state index is 0.163. The summed E-state index contributed by atoms with van der Waals surface area (Å²) in [5.74, 6) is -0.511. The van der Waals surface area contributed by atoms with Crippen LogP contribution in [0.4, 0.5) is 10.1 Å². The highest BCUT2D eigenvalue weighted by molar-refractivity contribution is 7.92. The third-order valence-electron chi connectivity index (χ3n) is 3.53. The van der Waals surface area contributed by atoms with E-state index in [0.29, 0.717) is 29.2 Å². The van der Waals surface area contributed by atoms with Gasteiger partial charge in [0, 0.05) is 11.6 Å². The maximum atomic E-state index is 13.2. The Kier molecular flexibility index (Phi) is 3.63. The van der Waals surface area contributed by atoms with Crippen molar-refractivity contribution in [3.05, 3.63) is 64.4 Å². The van der Waals surface area contributed by atoms with Crippen molar-refractivity contribution in [1.82, 2.24) is 0 Å². The monoisotopic (exact) mass is 325 g/mol. The van der Waals surface area contributed by atoms with Crippen LogP contribution in [0, 0.1) is 5.82 Å². The second-order valence-corrected chi connectivity index (χ2v) is 7.24. The van der Waals surface area contributed by atoms with E-state index in [-0.39, 0.29) is 11.6 Å². The molecule has 0 aromatic heterocycles. The molecular formula is C15H13ClFNO2S. The highest BCUT2D eigenvalue weighted by Gasteiger charge is 2.30. The van der Waals surface area contributed by atoms with Crippen LogP contribution in [0.2, 0.25) is 5.02 Å². The van der Waals surface area contributed by atoms with Crippen LogP contribution in [0.15, 0.2) is 42.5 Å². The van der Waals surface area contributed by atoms with Crippen molar-refractivity contribution >= 4 is 27.3 Å². The van der Waals surface area contributed by atoms with Crippen molar-refractivity contribution in [3.63, 3.8) is 0 Å². The summed E-state index contributed by atoms with van der Waals surface area (Å²) in [6, 6.07) is 11.1. The van der Waals surface area contributed by atoms with Gasteiger partial charge in [0.2, 0.25) is 10.0 Å². The molecule has 110 valence electrons. The third-order valence-corrected chi connectivity index (χ3v) is 5.62. The lowest BCUT2D eigenvalue weighted by Crippen LogP contribution is -2.30. The van der Waals surface area contributed by atoms with Gasteiger partial charge in [-0.05, 0) is 41.8 Å². The quantitative estimate of drug-likeness (QED) is 0.867. The van der Waals surface area contributed by atoms with Gasteiger partial charge >= 0.3 is 0 Å². The summed E-state index contributed by atoms with van der Waals surface area (Å²) >= 11 is 6.03. The van der Waals surface area contributed by atoms with E-state index in [4.69, 9.17) is 11.6 Å². The summed E-state index contributed by atoms with van der Waals surface area (Å²) < 4.78 is 39.7. The first kappa shape index (κ1) is 14.4. The van der Waals surface area contributed by atoms with Crippen molar-refractivity contribution in [1.29, 1.82) is 0 Å². The molecule has 3 rings (SSSR count). The van der Waals surface area contributed by atoms with Crippen LogP contribution in [0.1, 0.15) is 11.1 Å². The molecule has 0 atom stereocenters. The zero-order valence-electron chi connectivity index (χ0n) is 11.1. The van der Waals surface area contributed by atoms with E-state index in [1.54, 1.807) is 24.3 Å². The Morgan fingerprint density at radius 1 is 1.19 bits per heavy atom. The smallest absolute Gasteiger partial charge is 0.239 e. The van der Waals surface area contributed by atoms with Crippen LogP contribution in [-0.4, -0.2) is 15.0 Å². The van der Waals surface area contributed by atoms with Gasteiger partial charge in [0.25, 0.3) is 0 Å². The molecule has 0 saturated heterocycles. The maximum absolute atomic E-state index is 13.2. The average Bonchev–Trinajstić information content (AvgIpc) is 2.85. The standard InChI is InChI=1S/C15H13ClFNO2S/c16-14-4-2-1-3-12(14)10-21(19,20)18-8-7-11-9-13(17)5-6-15(11)18/h1-6,9H,7-8,10H2. The molecule has 21 heavy (non-hydrogen) atoms. The minimum atomic E-state index is -3.54. The number of sulfonamides is 1. The molecule has 0 fully saturated rings. The van der Waals surface area contributed by atoms with Gasteiger partial charge in [0.1, 0.15) is 5.82 Å². The molecular weight excluding hydrogens is 313 g/mol. The Morgan fingerprint density at radius 3 is 2.71 bits per heavy atom. The molecule has 0 N–H and O–H groups in total. The topological polar surface area (TPSA) is 37.4 Å². The fourth-order valence-corrected chi connectivity index (χ4v) is 4.45. The van der Waals surface area contributed by atoms with Gasteiger partial charge in [0.15, 0.2) is 0 Å². The van der Waals surface area contributed by atoms with E-state index < -0.39 is 10.0 Å². The number of halogens is 2. The van der Waals surface area contributed by atoms with Crippen molar-refractivity contribution < 1.29 is 12.8 Å². The SMILES string of the molecule is O=S(=O)(Cc1ccccc1Cl)N1CCc2cc(F)ccc21. The van der Waals surface area contributed by atoms with Crippen molar-refractivity contribution in [2.45, 2.75) is 12.2 Å². The van der Waals surface area contributed by atoms with E-state index in [9.17, 15) is 12.8 Å². The molecule has 0 bridgehead atoms. The second-order valence-electron chi connectivity index (χ2n) is 4.94. The van der Waals surface area contributed by atoms with Crippen molar-refractivity contribution in [2.24, 2.45) is 0 Å². The normalized spacial score (nSPS) is 14.3. The summed E-state index contributed by atoms with van der Waals surface area (Å²) in [7, 11) is -3.54. The Bertz CT molecular complexity index is 792. The number of benzene rings is 2. The van der Waals surface area contributed by atoms with Gasteiger partial charge in [-0.2, -0.15) is 0 Å². The summed E-state index contributed by atoms with van der Waals surface area (Å²) in [6.07, 6.45) is 0.523. The van der Waals surface area contributed by atoms with Gasteiger partial charge < -0.3 is 0 Å². The predicted octanol–water partition coefficient (Wildman–Crippen LogP) is 3.37. The Balaban J connectivity index is 1.93. The first-order valence-corrected chi connectivity index (χ1v) is 8.48. The van der Waals surface area contributed by atoms with Crippen LogP contribution in [0.3, 0.4) is 0 Å². The lowest BCUT2D eigenvalue weighted by Gasteiger charge is -2.20. The van der Waals surface area contributed by atoms with E-state index in [1.165, 1.54) is 22.5 Å². The summed E-state index contributed by atoms with van der Waals surface area (Å²) in [5, 5.41) is 0.430. The van der Waals surface area contributed by atoms with Crippen molar-refractivity contribution in [3.8, 4) is 0 Å². The van der Waals surface area contributed by atoms with Crippen LogP contribution in [0.25, 0.3) is 0 Å². The van der Waals surface area contributed by atoms with Gasteiger partial charge in [-0.1, -0.05) is 29.8 Å². The molecule has 1 aliphatic heterocycles. The summed E-state index contributed by atoms with van der Waals surface area (Å²) in [4.78, 5) is 0. The van der Waals surface area contributed by atoms with Gasteiger partial charge in [-0.3, -0.25) is 4.31 Å². The highest BCUT2D eigenvalue weighted by Crippen LogP contribution is 2.32. The largest absolute Gasteiger partial charge is 0.269 e. The fourth-order valence-electron chi connectivity index (χ4n) is 2.52. The van der Waals surface area contributed by atoms with Crippen LogP contribution in [0.5, 0.6) is 0 Å². The van der Waals surface area contributed by atoms with Crippen LogP contribution in [-0.2, 0) is 22.2 Å². The maximum Gasteiger partial charge on any atom is 0.239 e. The third kappa shape index (κ3) is 2.76. The number of fused-ring (bicyclic) bond motifs is 1. The summed E-state index contributed by atoms with van der Waals surface area (Å²) in [5.41, 5.74) is 1.84. The van der Waals surface area contributed by atoms with Gasteiger partial charge in [-0.25, -0.2) is 12.8 Å². The number of rotatable bonds is 3. The second kappa shape index (κ2) is 5.31. The number of anilines is 1. The Hall–Kier alpha value is -1.59. The minimum Gasteiger partial charge on any atom is -0.269 e.